The van der Waals surface area contributed by atoms with Gasteiger partial charge in [0.05, 0.1) is 6.54 Å². The van der Waals surface area contributed by atoms with Gasteiger partial charge >= 0.3 is 0 Å². The van der Waals surface area contributed by atoms with Crippen molar-refractivity contribution in [1.82, 2.24) is 15.5 Å². The lowest BCUT2D eigenvalue weighted by molar-refractivity contribution is -0.123. The molecule has 1 rings (SSSR count). The number of hydrogen-bond donors (Lipinski definition) is 2. The van der Waals surface area contributed by atoms with Crippen molar-refractivity contribution in [2.24, 2.45) is 5.92 Å². The van der Waals surface area contributed by atoms with Crippen molar-refractivity contribution in [2.75, 3.05) is 46.4 Å². The third kappa shape index (κ3) is 8.39. The van der Waals surface area contributed by atoms with Crippen LogP contribution in [0.2, 0.25) is 0 Å². The topological polar surface area (TPSA) is 53.6 Å². The molecule has 1 aliphatic rings. The predicted octanol–water partition coefficient (Wildman–Crippen LogP) is 1.24. The van der Waals surface area contributed by atoms with Gasteiger partial charge in [-0.05, 0) is 38.3 Å². The molecule has 1 fully saturated rings. The van der Waals surface area contributed by atoms with Crippen molar-refractivity contribution in [1.29, 1.82) is 0 Å². The minimum absolute atomic E-state index is 0.141. The van der Waals surface area contributed by atoms with Gasteiger partial charge < -0.3 is 15.4 Å². The number of carbonyl (C=O) groups excluding carboxylic acids is 1. The summed E-state index contributed by atoms with van der Waals surface area (Å²) in [5.41, 5.74) is 0. The van der Waals surface area contributed by atoms with Crippen LogP contribution in [0, 0.1) is 5.92 Å². The fourth-order valence-electron chi connectivity index (χ4n) is 2.72. The summed E-state index contributed by atoms with van der Waals surface area (Å²) in [7, 11) is 1.68. The van der Waals surface area contributed by atoms with Crippen molar-refractivity contribution >= 4 is 5.91 Å². The summed E-state index contributed by atoms with van der Waals surface area (Å²) in [4.78, 5) is 14.3. The highest BCUT2D eigenvalue weighted by molar-refractivity contribution is 5.78. The zero-order valence-electron chi connectivity index (χ0n) is 14.0. The van der Waals surface area contributed by atoms with Crippen molar-refractivity contribution in [3.8, 4) is 0 Å². The van der Waals surface area contributed by atoms with Crippen LogP contribution in [0.15, 0.2) is 0 Å². The zero-order chi connectivity index (χ0) is 15.5. The molecular formula is C16H33N3O2. The molecule has 1 unspecified atom stereocenters. The van der Waals surface area contributed by atoms with Gasteiger partial charge in [-0.3, -0.25) is 9.69 Å². The summed E-state index contributed by atoms with van der Waals surface area (Å²) in [6, 6.07) is 0.502. The number of piperidine rings is 1. The van der Waals surface area contributed by atoms with E-state index in [4.69, 9.17) is 4.74 Å². The Balaban J connectivity index is 2.26. The van der Waals surface area contributed by atoms with Crippen LogP contribution in [0.4, 0.5) is 0 Å². The summed E-state index contributed by atoms with van der Waals surface area (Å²) in [6.07, 6.45) is 4.56. The third-order valence-electron chi connectivity index (χ3n) is 3.88. The molecule has 1 amide bonds. The van der Waals surface area contributed by atoms with E-state index in [1.54, 1.807) is 7.11 Å². The first-order valence-electron chi connectivity index (χ1n) is 8.34. The molecule has 0 aromatic heterocycles. The van der Waals surface area contributed by atoms with E-state index in [-0.39, 0.29) is 5.91 Å². The molecule has 0 bridgehead atoms. The molecule has 1 aliphatic heterocycles. The van der Waals surface area contributed by atoms with Gasteiger partial charge in [-0.2, -0.15) is 0 Å². The maximum absolute atomic E-state index is 12.0. The highest BCUT2D eigenvalue weighted by atomic mass is 16.5. The Labute approximate surface area is 129 Å². The number of methoxy groups -OCH3 is 1. The molecular weight excluding hydrogens is 266 g/mol. The smallest absolute Gasteiger partial charge is 0.234 e. The van der Waals surface area contributed by atoms with Crippen molar-refractivity contribution in [2.45, 2.75) is 45.6 Å². The number of carbonyl (C=O) groups is 1. The molecule has 5 heteroatoms. The van der Waals surface area contributed by atoms with Crippen LogP contribution in [0.25, 0.3) is 0 Å². The highest BCUT2D eigenvalue weighted by Crippen LogP contribution is 2.16. The van der Waals surface area contributed by atoms with E-state index in [1.807, 2.05) is 0 Å². The Morgan fingerprint density at radius 1 is 1.38 bits per heavy atom. The van der Waals surface area contributed by atoms with Crippen molar-refractivity contribution < 1.29 is 9.53 Å². The molecule has 1 heterocycles. The van der Waals surface area contributed by atoms with Crippen LogP contribution in [0.5, 0.6) is 0 Å². The summed E-state index contributed by atoms with van der Waals surface area (Å²) in [5, 5.41) is 6.51. The molecule has 21 heavy (non-hydrogen) atoms. The lowest BCUT2D eigenvalue weighted by Crippen LogP contribution is -2.49. The van der Waals surface area contributed by atoms with Gasteiger partial charge in [-0.25, -0.2) is 0 Å². The summed E-state index contributed by atoms with van der Waals surface area (Å²) >= 11 is 0. The van der Waals surface area contributed by atoms with E-state index in [0.717, 1.165) is 26.1 Å². The molecule has 5 nitrogen and oxygen atoms in total. The van der Waals surface area contributed by atoms with E-state index < -0.39 is 0 Å². The Hall–Kier alpha value is -0.650. The van der Waals surface area contributed by atoms with Crippen LogP contribution in [0.1, 0.15) is 39.5 Å². The molecule has 0 radical (unpaired) electrons. The second kappa shape index (κ2) is 11.0. The van der Waals surface area contributed by atoms with Gasteiger partial charge in [0.25, 0.3) is 0 Å². The largest absolute Gasteiger partial charge is 0.385 e. The van der Waals surface area contributed by atoms with Crippen molar-refractivity contribution in [3.63, 3.8) is 0 Å². The summed E-state index contributed by atoms with van der Waals surface area (Å²) in [5.74, 6) is 0.813. The third-order valence-corrected chi connectivity index (χ3v) is 3.88. The van der Waals surface area contributed by atoms with Gasteiger partial charge in [0, 0.05) is 32.8 Å². The van der Waals surface area contributed by atoms with E-state index >= 15 is 0 Å². The first-order valence-corrected chi connectivity index (χ1v) is 8.34. The van der Waals surface area contributed by atoms with Crippen LogP contribution in [-0.2, 0) is 9.53 Å². The first-order chi connectivity index (χ1) is 10.1. The fourth-order valence-corrected chi connectivity index (χ4v) is 2.72. The molecule has 0 aromatic carbocycles. The highest BCUT2D eigenvalue weighted by Gasteiger charge is 2.23. The van der Waals surface area contributed by atoms with E-state index in [9.17, 15) is 4.79 Å². The van der Waals surface area contributed by atoms with E-state index in [0.29, 0.717) is 31.7 Å². The average molecular weight is 299 g/mol. The molecule has 2 N–H and O–H groups in total. The van der Waals surface area contributed by atoms with Crippen LogP contribution >= 0.6 is 0 Å². The Morgan fingerprint density at radius 3 is 2.90 bits per heavy atom. The van der Waals surface area contributed by atoms with Gasteiger partial charge in [-0.1, -0.05) is 20.3 Å². The standard InChI is InChI=1S/C16H33N3O2/c1-14(2)11-17-12-15-7-4-5-9-19(15)13-16(20)18-8-6-10-21-3/h14-15,17H,4-13H2,1-3H3,(H,18,20). The second-order valence-electron chi connectivity index (χ2n) is 6.37. The number of nitrogens with zero attached hydrogens (tertiary/aromatic N) is 1. The Kier molecular flexibility index (Phi) is 9.63. The minimum Gasteiger partial charge on any atom is -0.385 e. The number of rotatable bonds is 10. The maximum atomic E-state index is 12.0. The van der Waals surface area contributed by atoms with E-state index in [2.05, 4.69) is 29.4 Å². The molecule has 0 spiro atoms. The molecule has 0 aliphatic carbocycles. The average Bonchev–Trinajstić information content (AvgIpc) is 2.45. The summed E-state index contributed by atoms with van der Waals surface area (Å²) < 4.78 is 4.98. The van der Waals surface area contributed by atoms with Gasteiger partial charge in [0.1, 0.15) is 0 Å². The number of amides is 1. The van der Waals surface area contributed by atoms with Crippen LogP contribution in [0.3, 0.4) is 0 Å². The first kappa shape index (κ1) is 18.4. The minimum atomic E-state index is 0.141. The van der Waals surface area contributed by atoms with Gasteiger partial charge in [0.2, 0.25) is 5.91 Å². The molecule has 0 saturated carbocycles. The lowest BCUT2D eigenvalue weighted by atomic mass is 10.0. The van der Waals surface area contributed by atoms with Gasteiger partial charge in [0.15, 0.2) is 0 Å². The number of hydrogen-bond acceptors (Lipinski definition) is 4. The second-order valence-corrected chi connectivity index (χ2v) is 6.37. The lowest BCUT2D eigenvalue weighted by Gasteiger charge is -2.35. The number of likely N-dealkylation sites (tertiary alicyclic amines) is 1. The quantitative estimate of drug-likeness (QED) is 0.596. The van der Waals surface area contributed by atoms with Crippen LogP contribution < -0.4 is 10.6 Å². The fraction of sp³-hybridized carbons (Fsp3) is 0.938. The molecule has 1 atom stereocenters. The Bertz CT molecular complexity index is 285. The molecule has 1 saturated heterocycles. The summed E-state index contributed by atoms with van der Waals surface area (Å²) in [6.45, 7) is 9.46. The monoisotopic (exact) mass is 299 g/mol. The zero-order valence-corrected chi connectivity index (χ0v) is 14.0. The molecule has 124 valence electrons. The SMILES string of the molecule is COCCCNC(=O)CN1CCCCC1CNCC(C)C. The normalized spacial score (nSPS) is 19.9. The Morgan fingerprint density at radius 2 is 2.19 bits per heavy atom. The predicted molar refractivity (Wildman–Crippen MR) is 86.4 cm³/mol. The van der Waals surface area contributed by atoms with Gasteiger partial charge in [-0.15, -0.1) is 0 Å². The number of ether oxygens (including phenoxy) is 1. The number of nitrogens with one attached hydrogen (secondary N) is 2. The molecule has 0 aromatic rings. The van der Waals surface area contributed by atoms with E-state index in [1.165, 1.54) is 19.3 Å². The maximum Gasteiger partial charge on any atom is 0.234 e. The van der Waals surface area contributed by atoms with Crippen LogP contribution in [-0.4, -0.2) is 63.3 Å². The van der Waals surface area contributed by atoms with Crippen molar-refractivity contribution in [3.05, 3.63) is 0 Å².